The highest BCUT2D eigenvalue weighted by atomic mass is 35.5. The lowest BCUT2D eigenvalue weighted by Crippen LogP contribution is -2.12. The summed E-state index contributed by atoms with van der Waals surface area (Å²) in [5.74, 6) is -0.560. The first-order chi connectivity index (χ1) is 6.54. The van der Waals surface area contributed by atoms with Gasteiger partial charge in [-0.1, -0.05) is 23.7 Å². The normalized spacial score (nSPS) is 30.0. The molecular weight excluding hydrogens is 200 g/mol. The highest BCUT2D eigenvalue weighted by Crippen LogP contribution is 2.59. The predicted octanol–water partition coefficient (Wildman–Crippen LogP) is 2.92. The molecule has 0 heterocycles. The fourth-order valence-corrected chi connectivity index (χ4v) is 1.91. The molecule has 74 valence electrons. The van der Waals surface area contributed by atoms with E-state index in [1.165, 1.54) is 0 Å². The van der Waals surface area contributed by atoms with Gasteiger partial charge >= 0.3 is 5.97 Å². The molecule has 1 saturated carbocycles. The third kappa shape index (κ3) is 1.40. The lowest BCUT2D eigenvalue weighted by Gasteiger charge is -2.04. The number of halogens is 1. The van der Waals surface area contributed by atoms with E-state index in [2.05, 4.69) is 0 Å². The lowest BCUT2D eigenvalue weighted by molar-refractivity contribution is -0.142. The van der Waals surface area contributed by atoms with Gasteiger partial charge in [0.1, 0.15) is 0 Å². The summed E-state index contributed by atoms with van der Waals surface area (Å²) < 4.78 is 0. The van der Waals surface area contributed by atoms with E-state index >= 15 is 0 Å². The summed E-state index contributed by atoms with van der Waals surface area (Å²) in [5, 5.41) is 9.66. The van der Waals surface area contributed by atoms with E-state index in [1.54, 1.807) is 19.1 Å². The Morgan fingerprint density at radius 2 is 2.07 bits per heavy atom. The van der Waals surface area contributed by atoms with Crippen molar-refractivity contribution < 1.29 is 9.90 Å². The van der Waals surface area contributed by atoms with Crippen molar-refractivity contribution in [2.75, 3.05) is 0 Å². The standard InChI is InChI=1S/C11H11ClO2/c1-11(10(13)14)6-9(11)7-2-4-8(12)5-3-7/h2-5,9H,6H2,1H3,(H,13,14)/t9-,11+/m0/s1. The molecule has 0 bridgehead atoms. The van der Waals surface area contributed by atoms with Crippen LogP contribution >= 0.6 is 11.6 Å². The first kappa shape index (κ1) is 9.53. The Hall–Kier alpha value is -1.02. The van der Waals surface area contributed by atoms with Crippen molar-refractivity contribution in [2.45, 2.75) is 19.3 Å². The number of carboxylic acid groups (broad SMARTS) is 1. The predicted molar refractivity (Wildman–Crippen MR) is 54.6 cm³/mol. The van der Waals surface area contributed by atoms with Crippen LogP contribution < -0.4 is 0 Å². The van der Waals surface area contributed by atoms with Gasteiger partial charge in [-0.05, 0) is 31.0 Å². The molecule has 0 unspecified atom stereocenters. The van der Waals surface area contributed by atoms with Crippen LogP contribution in [0.1, 0.15) is 24.8 Å². The van der Waals surface area contributed by atoms with Gasteiger partial charge in [-0.3, -0.25) is 4.79 Å². The highest BCUT2D eigenvalue weighted by Gasteiger charge is 2.56. The zero-order valence-corrected chi connectivity index (χ0v) is 8.58. The van der Waals surface area contributed by atoms with E-state index in [9.17, 15) is 4.79 Å². The summed E-state index contributed by atoms with van der Waals surface area (Å²) in [6, 6.07) is 7.41. The largest absolute Gasteiger partial charge is 0.481 e. The van der Waals surface area contributed by atoms with Gasteiger partial charge in [0.05, 0.1) is 5.41 Å². The van der Waals surface area contributed by atoms with Crippen LogP contribution in [0.25, 0.3) is 0 Å². The number of rotatable bonds is 2. The fourth-order valence-electron chi connectivity index (χ4n) is 1.78. The zero-order chi connectivity index (χ0) is 10.3. The molecular formula is C11H11ClO2. The maximum Gasteiger partial charge on any atom is 0.309 e. The first-order valence-electron chi connectivity index (χ1n) is 4.53. The van der Waals surface area contributed by atoms with Crippen molar-refractivity contribution >= 4 is 17.6 Å². The molecule has 0 aliphatic heterocycles. The number of aliphatic carboxylic acids is 1. The molecule has 14 heavy (non-hydrogen) atoms. The van der Waals surface area contributed by atoms with Crippen molar-refractivity contribution in [3.63, 3.8) is 0 Å². The summed E-state index contributed by atoms with van der Waals surface area (Å²) in [5.41, 5.74) is 0.507. The number of benzene rings is 1. The molecule has 2 atom stereocenters. The number of carbonyl (C=O) groups is 1. The Morgan fingerprint density at radius 1 is 1.50 bits per heavy atom. The lowest BCUT2D eigenvalue weighted by atomic mass is 10.0. The third-order valence-electron chi connectivity index (χ3n) is 3.00. The Balaban J connectivity index is 2.21. The van der Waals surface area contributed by atoms with Crippen molar-refractivity contribution in [2.24, 2.45) is 5.41 Å². The smallest absolute Gasteiger partial charge is 0.309 e. The van der Waals surface area contributed by atoms with Gasteiger partial charge in [0.25, 0.3) is 0 Å². The molecule has 0 saturated heterocycles. The van der Waals surface area contributed by atoms with Crippen molar-refractivity contribution in [1.82, 2.24) is 0 Å². The van der Waals surface area contributed by atoms with E-state index in [4.69, 9.17) is 16.7 Å². The molecule has 3 heteroatoms. The van der Waals surface area contributed by atoms with Gasteiger partial charge in [-0.25, -0.2) is 0 Å². The summed E-state index contributed by atoms with van der Waals surface area (Å²) in [7, 11) is 0. The second-order valence-corrected chi connectivity index (χ2v) is 4.47. The SMILES string of the molecule is C[C@@]1(C(=O)O)C[C@H]1c1ccc(Cl)cc1. The Morgan fingerprint density at radius 3 is 2.50 bits per heavy atom. The molecule has 1 fully saturated rings. The molecule has 0 amide bonds. The monoisotopic (exact) mass is 210 g/mol. The Bertz CT molecular complexity index is 371. The number of hydrogen-bond donors (Lipinski definition) is 1. The number of hydrogen-bond acceptors (Lipinski definition) is 1. The van der Waals surface area contributed by atoms with Crippen LogP contribution in [0.4, 0.5) is 0 Å². The fraction of sp³-hybridized carbons (Fsp3) is 0.364. The molecule has 0 spiro atoms. The topological polar surface area (TPSA) is 37.3 Å². The minimum absolute atomic E-state index is 0.150. The summed E-state index contributed by atoms with van der Waals surface area (Å²) in [4.78, 5) is 10.9. The minimum atomic E-state index is -0.711. The van der Waals surface area contributed by atoms with Crippen molar-refractivity contribution in [3.8, 4) is 0 Å². The number of carboxylic acids is 1. The van der Waals surface area contributed by atoms with Gasteiger partial charge in [-0.2, -0.15) is 0 Å². The van der Waals surface area contributed by atoms with Crippen molar-refractivity contribution in [3.05, 3.63) is 34.9 Å². The molecule has 1 N–H and O–H groups in total. The highest BCUT2D eigenvalue weighted by molar-refractivity contribution is 6.30. The van der Waals surface area contributed by atoms with E-state index in [0.717, 1.165) is 12.0 Å². The zero-order valence-electron chi connectivity index (χ0n) is 7.83. The maximum atomic E-state index is 10.9. The molecule has 1 aliphatic rings. The Kier molecular flexibility index (Phi) is 2.04. The molecule has 1 aromatic rings. The third-order valence-corrected chi connectivity index (χ3v) is 3.25. The first-order valence-corrected chi connectivity index (χ1v) is 4.91. The maximum absolute atomic E-state index is 10.9. The van der Waals surface area contributed by atoms with E-state index in [1.807, 2.05) is 12.1 Å². The van der Waals surface area contributed by atoms with E-state index in [0.29, 0.717) is 5.02 Å². The summed E-state index contributed by atoms with van der Waals surface area (Å²) in [6.07, 6.45) is 0.726. The van der Waals surface area contributed by atoms with Gasteiger partial charge in [0, 0.05) is 10.9 Å². The summed E-state index contributed by atoms with van der Waals surface area (Å²) >= 11 is 5.75. The quantitative estimate of drug-likeness (QED) is 0.815. The second kappa shape index (κ2) is 2.99. The van der Waals surface area contributed by atoms with Gasteiger partial charge in [0.15, 0.2) is 0 Å². The molecule has 2 rings (SSSR count). The van der Waals surface area contributed by atoms with Gasteiger partial charge in [0.2, 0.25) is 0 Å². The Labute approximate surface area is 87.5 Å². The average Bonchev–Trinajstić information content (AvgIpc) is 2.81. The van der Waals surface area contributed by atoms with E-state index < -0.39 is 11.4 Å². The molecule has 0 radical (unpaired) electrons. The summed E-state index contributed by atoms with van der Waals surface area (Å²) in [6.45, 7) is 1.79. The van der Waals surface area contributed by atoms with E-state index in [-0.39, 0.29) is 5.92 Å². The minimum Gasteiger partial charge on any atom is -0.481 e. The van der Waals surface area contributed by atoms with Gasteiger partial charge in [-0.15, -0.1) is 0 Å². The van der Waals surface area contributed by atoms with Crippen LogP contribution in [-0.2, 0) is 4.79 Å². The van der Waals surface area contributed by atoms with Crippen LogP contribution in [0.5, 0.6) is 0 Å². The average molecular weight is 211 g/mol. The van der Waals surface area contributed by atoms with Crippen LogP contribution in [0.2, 0.25) is 5.02 Å². The van der Waals surface area contributed by atoms with Crippen molar-refractivity contribution in [1.29, 1.82) is 0 Å². The second-order valence-electron chi connectivity index (χ2n) is 4.03. The molecule has 2 nitrogen and oxygen atoms in total. The van der Waals surface area contributed by atoms with Crippen LogP contribution in [0.3, 0.4) is 0 Å². The van der Waals surface area contributed by atoms with Crippen LogP contribution in [0.15, 0.2) is 24.3 Å². The van der Waals surface area contributed by atoms with Crippen LogP contribution in [0, 0.1) is 5.41 Å². The molecule has 1 aliphatic carbocycles. The van der Waals surface area contributed by atoms with Crippen LogP contribution in [-0.4, -0.2) is 11.1 Å². The van der Waals surface area contributed by atoms with Gasteiger partial charge < -0.3 is 5.11 Å². The molecule has 0 aromatic heterocycles. The molecule has 1 aromatic carbocycles.